The van der Waals surface area contributed by atoms with Crippen molar-refractivity contribution in [3.8, 4) is 0 Å². The van der Waals surface area contributed by atoms with Gasteiger partial charge >= 0.3 is 5.97 Å². The fraction of sp³-hybridized carbons (Fsp3) is 0.417. The SMILES string of the molecule is CCOC(=O)[C@@H]1C[C@]1(Br)c1ccccc1. The van der Waals surface area contributed by atoms with Crippen LogP contribution in [0.25, 0.3) is 0 Å². The van der Waals surface area contributed by atoms with Crippen molar-refractivity contribution in [3.05, 3.63) is 35.9 Å². The van der Waals surface area contributed by atoms with Gasteiger partial charge in [0.2, 0.25) is 0 Å². The van der Waals surface area contributed by atoms with Crippen LogP contribution < -0.4 is 0 Å². The number of rotatable bonds is 3. The smallest absolute Gasteiger partial charge is 0.310 e. The maximum atomic E-state index is 11.5. The first-order chi connectivity index (χ1) is 7.18. The molecule has 0 heterocycles. The van der Waals surface area contributed by atoms with E-state index in [0.717, 1.165) is 12.0 Å². The van der Waals surface area contributed by atoms with Crippen LogP contribution in [-0.2, 0) is 13.9 Å². The van der Waals surface area contributed by atoms with Crippen molar-refractivity contribution < 1.29 is 9.53 Å². The van der Waals surface area contributed by atoms with E-state index in [4.69, 9.17) is 4.74 Å². The quantitative estimate of drug-likeness (QED) is 0.623. The van der Waals surface area contributed by atoms with Crippen molar-refractivity contribution in [1.82, 2.24) is 0 Å². The van der Waals surface area contributed by atoms with Crippen LogP contribution in [0.1, 0.15) is 18.9 Å². The Balaban J connectivity index is 2.10. The number of ether oxygens (including phenoxy) is 1. The summed E-state index contributed by atoms with van der Waals surface area (Å²) < 4.78 is 4.83. The van der Waals surface area contributed by atoms with E-state index in [9.17, 15) is 4.79 Å². The minimum absolute atomic E-state index is 0.0279. The molecular weight excluding hydrogens is 256 g/mol. The number of halogens is 1. The molecule has 1 aromatic rings. The molecule has 0 saturated heterocycles. The lowest BCUT2D eigenvalue weighted by Gasteiger charge is -2.08. The number of esters is 1. The van der Waals surface area contributed by atoms with Gasteiger partial charge in [0.15, 0.2) is 0 Å². The summed E-state index contributed by atoms with van der Waals surface area (Å²) in [5.41, 5.74) is 1.16. The third-order valence-corrected chi connectivity index (χ3v) is 4.05. The predicted molar refractivity (Wildman–Crippen MR) is 61.8 cm³/mol. The van der Waals surface area contributed by atoms with Crippen LogP contribution in [0.2, 0.25) is 0 Å². The summed E-state index contributed by atoms with van der Waals surface area (Å²) in [6.45, 7) is 2.28. The summed E-state index contributed by atoms with van der Waals surface area (Å²) in [6.07, 6.45) is 0.829. The summed E-state index contributed by atoms with van der Waals surface area (Å²) in [5.74, 6) is -0.127. The Hall–Kier alpha value is -0.830. The minimum atomic E-state index is -0.180. The molecule has 15 heavy (non-hydrogen) atoms. The van der Waals surface area contributed by atoms with Crippen LogP contribution in [0.4, 0.5) is 0 Å². The molecule has 1 aromatic carbocycles. The summed E-state index contributed by atoms with van der Waals surface area (Å²) in [6, 6.07) is 10.0. The lowest BCUT2D eigenvalue weighted by Crippen LogP contribution is -2.12. The van der Waals surface area contributed by atoms with E-state index in [2.05, 4.69) is 15.9 Å². The van der Waals surface area contributed by atoms with Gasteiger partial charge in [-0.05, 0) is 18.9 Å². The number of carbonyl (C=O) groups is 1. The van der Waals surface area contributed by atoms with Crippen molar-refractivity contribution in [1.29, 1.82) is 0 Å². The number of hydrogen-bond acceptors (Lipinski definition) is 2. The molecule has 2 rings (SSSR count). The molecule has 1 fully saturated rings. The second-order valence-electron chi connectivity index (χ2n) is 3.74. The first-order valence-electron chi connectivity index (χ1n) is 5.09. The summed E-state index contributed by atoms with van der Waals surface area (Å²) in [4.78, 5) is 11.5. The van der Waals surface area contributed by atoms with Gasteiger partial charge in [-0.1, -0.05) is 46.3 Å². The first kappa shape index (κ1) is 10.7. The van der Waals surface area contributed by atoms with Crippen LogP contribution >= 0.6 is 15.9 Å². The highest BCUT2D eigenvalue weighted by Gasteiger charge is 2.58. The highest BCUT2D eigenvalue weighted by Crippen LogP contribution is 2.59. The van der Waals surface area contributed by atoms with Crippen molar-refractivity contribution in [2.75, 3.05) is 6.61 Å². The van der Waals surface area contributed by atoms with E-state index in [1.165, 1.54) is 0 Å². The number of hydrogen-bond donors (Lipinski definition) is 0. The number of carbonyl (C=O) groups excluding carboxylic acids is 1. The summed E-state index contributed by atoms with van der Waals surface area (Å²) >= 11 is 3.63. The Labute approximate surface area is 97.8 Å². The topological polar surface area (TPSA) is 26.3 Å². The molecule has 0 spiro atoms. The van der Waals surface area contributed by atoms with E-state index in [-0.39, 0.29) is 16.2 Å². The molecule has 1 aliphatic rings. The molecule has 0 aliphatic heterocycles. The van der Waals surface area contributed by atoms with Crippen LogP contribution in [0.5, 0.6) is 0 Å². The number of benzene rings is 1. The molecule has 1 saturated carbocycles. The van der Waals surface area contributed by atoms with Crippen molar-refractivity contribution in [2.45, 2.75) is 17.7 Å². The molecule has 3 heteroatoms. The third-order valence-electron chi connectivity index (χ3n) is 2.72. The average Bonchev–Trinajstić information content (AvgIpc) is 2.94. The average molecular weight is 269 g/mol. The molecule has 0 unspecified atom stereocenters. The second kappa shape index (κ2) is 3.97. The van der Waals surface area contributed by atoms with E-state index < -0.39 is 0 Å². The Morgan fingerprint density at radius 2 is 2.20 bits per heavy atom. The van der Waals surface area contributed by atoms with Crippen molar-refractivity contribution in [2.24, 2.45) is 5.92 Å². The predicted octanol–water partition coefficient (Wildman–Crippen LogP) is 2.86. The van der Waals surface area contributed by atoms with Gasteiger partial charge in [0.1, 0.15) is 0 Å². The maximum absolute atomic E-state index is 11.5. The lowest BCUT2D eigenvalue weighted by atomic mass is 10.1. The molecule has 0 bridgehead atoms. The zero-order chi connectivity index (χ0) is 10.9. The third kappa shape index (κ3) is 1.93. The molecule has 1 aliphatic carbocycles. The second-order valence-corrected chi connectivity index (χ2v) is 5.15. The van der Waals surface area contributed by atoms with E-state index in [1.54, 1.807) is 0 Å². The maximum Gasteiger partial charge on any atom is 0.310 e. The van der Waals surface area contributed by atoms with E-state index >= 15 is 0 Å². The van der Waals surface area contributed by atoms with Gasteiger partial charge in [-0.3, -0.25) is 4.79 Å². The standard InChI is InChI=1S/C12H13BrO2/c1-2-15-11(14)10-8-12(10,13)9-6-4-3-5-7-9/h3-7,10H,2,8H2,1H3/t10-,12-/m0/s1. The van der Waals surface area contributed by atoms with Crippen LogP contribution in [0, 0.1) is 5.92 Å². The molecule has 80 valence electrons. The van der Waals surface area contributed by atoms with Gasteiger partial charge in [0.05, 0.1) is 16.8 Å². The van der Waals surface area contributed by atoms with Gasteiger partial charge < -0.3 is 4.74 Å². The highest BCUT2D eigenvalue weighted by atomic mass is 79.9. The van der Waals surface area contributed by atoms with E-state index in [1.807, 2.05) is 37.3 Å². The van der Waals surface area contributed by atoms with Gasteiger partial charge in [-0.15, -0.1) is 0 Å². The van der Waals surface area contributed by atoms with Crippen LogP contribution in [0.15, 0.2) is 30.3 Å². The Morgan fingerprint density at radius 1 is 1.53 bits per heavy atom. The van der Waals surface area contributed by atoms with Crippen LogP contribution in [0.3, 0.4) is 0 Å². The molecular formula is C12H13BrO2. The van der Waals surface area contributed by atoms with Gasteiger partial charge in [-0.25, -0.2) is 0 Å². The Bertz CT molecular complexity index is 363. The molecule has 0 amide bonds. The number of alkyl halides is 1. The molecule has 2 nitrogen and oxygen atoms in total. The van der Waals surface area contributed by atoms with Crippen LogP contribution in [-0.4, -0.2) is 12.6 Å². The zero-order valence-electron chi connectivity index (χ0n) is 8.57. The molecule has 0 radical (unpaired) electrons. The van der Waals surface area contributed by atoms with Crippen molar-refractivity contribution >= 4 is 21.9 Å². The first-order valence-corrected chi connectivity index (χ1v) is 5.89. The summed E-state index contributed by atoms with van der Waals surface area (Å²) in [7, 11) is 0. The molecule has 0 N–H and O–H groups in total. The normalized spacial score (nSPS) is 28.5. The lowest BCUT2D eigenvalue weighted by molar-refractivity contribution is -0.144. The zero-order valence-corrected chi connectivity index (χ0v) is 10.2. The van der Waals surface area contributed by atoms with Crippen molar-refractivity contribution in [3.63, 3.8) is 0 Å². The Kier molecular flexibility index (Phi) is 2.83. The summed E-state index contributed by atoms with van der Waals surface area (Å²) in [5, 5.41) is 0. The molecule has 0 aromatic heterocycles. The molecule has 2 atom stereocenters. The van der Waals surface area contributed by atoms with Gasteiger partial charge in [0, 0.05) is 0 Å². The largest absolute Gasteiger partial charge is 0.466 e. The monoisotopic (exact) mass is 268 g/mol. The highest BCUT2D eigenvalue weighted by molar-refractivity contribution is 9.09. The van der Waals surface area contributed by atoms with Gasteiger partial charge in [-0.2, -0.15) is 0 Å². The van der Waals surface area contributed by atoms with E-state index in [0.29, 0.717) is 6.61 Å². The fourth-order valence-corrected chi connectivity index (χ4v) is 2.56. The Morgan fingerprint density at radius 3 is 2.80 bits per heavy atom. The fourth-order valence-electron chi connectivity index (χ4n) is 1.79. The minimum Gasteiger partial charge on any atom is -0.466 e. The van der Waals surface area contributed by atoms with Gasteiger partial charge in [0.25, 0.3) is 0 Å².